The summed E-state index contributed by atoms with van der Waals surface area (Å²) in [5.41, 5.74) is -1.94. The molecule has 5 atom stereocenters. The zero-order valence-corrected chi connectivity index (χ0v) is 13.0. The molecule has 0 aromatic rings. The van der Waals surface area contributed by atoms with Crippen LogP contribution in [0.2, 0.25) is 0 Å². The molecule has 0 bridgehead atoms. The van der Waals surface area contributed by atoms with Gasteiger partial charge in [0.15, 0.2) is 11.4 Å². The van der Waals surface area contributed by atoms with Crippen molar-refractivity contribution in [1.29, 1.82) is 0 Å². The number of Topliss-reactive ketones (excluding diaryl/α,β-unsaturated/α-hetero) is 1. The third kappa shape index (κ3) is 2.27. The van der Waals surface area contributed by atoms with Gasteiger partial charge in [0.05, 0.1) is 11.7 Å². The molecule has 3 rings (SSSR count). The minimum atomic E-state index is -1.21. The molecule has 0 amide bonds. The first-order chi connectivity index (χ1) is 9.58. The number of aliphatic hydroxyl groups is 2. The van der Waals surface area contributed by atoms with E-state index in [0.29, 0.717) is 6.42 Å². The number of hydrogen-bond acceptors (Lipinski definition) is 5. The van der Waals surface area contributed by atoms with E-state index in [2.05, 4.69) is 0 Å². The van der Waals surface area contributed by atoms with E-state index in [4.69, 9.17) is 9.47 Å². The van der Waals surface area contributed by atoms with Crippen LogP contribution in [0.15, 0.2) is 11.6 Å². The van der Waals surface area contributed by atoms with E-state index in [-0.39, 0.29) is 18.6 Å². The van der Waals surface area contributed by atoms with Crippen LogP contribution in [0.4, 0.5) is 0 Å². The Labute approximate surface area is 124 Å². The van der Waals surface area contributed by atoms with Crippen LogP contribution in [-0.2, 0) is 14.3 Å². The maximum Gasteiger partial charge on any atom is 0.170 e. The Morgan fingerprint density at radius 1 is 1.43 bits per heavy atom. The minimum absolute atomic E-state index is 0.0390. The van der Waals surface area contributed by atoms with Gasteiger partial charge in [0.1, 0.15) is 17.8 Å². The van der Waals surface area contributed by atoms with Crippen LogP contribution in [-0.4, -0.2) is 51.1 Å². The lowest BCUT2D eigenvalue weighted by molar-refractivity contribution is -0.137. The summed E-state index contributed by atoms with van der Waals surface area (Å²) in [7, 11) is 0. The Morgan fingerprint density at radius 2 is 2.10 bits per heavy atom. The Hall–Kier alpha value is -0.750. The molecular formula is C16H24O5. The zero-order valence-electron chi connectivity index (χ0n) is 13.0. The average Bonchev–Trinajstić information content (AvgIpc) is 2.96. The second-order valence-electron chi connectivity index (χ2n) is 7.52. The molecule has 3 aliphatic rings. The van der Waals surface area contributed by atoms with Crippen molar-refractivity contribution in [2.24, 2.45) is 0 Å². The molecule has 2 saturated heterocycles. The van der Waals surface area contributed by atoms with E-state index in [1.807, 2.05) is 19.9 Å². The highest BCUT2D eigenvalue weighted by molar-refractivity contribution is 5.93. The number of carbonyl (C=O) groups excluding carboxylic acids is 1. The molecule has 3 fully saturated rings. The van der Waals surface area contributed by atoms with Gasteiger partial charge >= 0.3 is 0 Å². The summed E-state index contributed by atoms with van der Waals surface area (Å²) in [6.07, 6.45) is 1.42. The van der Waals surface area contributed by atoms with Crippen LogP contribution < -0.4 is 0 Å². The number of epoxide rings is 1. The van der Waals surface area contributed by atoms with Gasteiger partial charge in [-0.1, -0.05) is 11.6 Å². The van der Waals surface area contributed by atoms with Gasteiger partial charge in [-0.15, -0.1) is 0 Å². The normalized spacial score (nSPS) is 45.0. The van der Waals surface area contributed by atoms with Crippen LogP contribution in [0.3, 0.4) is 0 Å². The van der Waals surface area contributed by atoms with Crippen molar-refractivity contribution in [1.82, 2.24) is 0 Å². The third-order valence-corrected chi connectivity index (χ3v) is 4.93. The third-order valence-electron chi connectivity index (χ3n) is 4.93. The number of fused-ring (bicyclic) bond motifs is 3. The van der Waals surface area contributed by atoms with Crippen LogP contribution in [0.25, 0.3) is 0 Å². The Balaban J connectivity index is 1.83. The summed E-state index contributed by atoms with van der Waals surface area (Å²) in [6.45, 7) is 7.27. The summed E-state index contributed by atoms with van der Waals surface area (Å²) >= 11 is 0. The van der Waals surface area contributed by atoms with E-state index in [1.54, 1.807) is 13.8 Å². The van der Waals surface area contributed by atoms with Gasteiger partial charge in [0.25, 0.3) is 0 Å². The lowest BCUT2D eigenvalue weighted by atomic mass is 9.73. The fourth-order valence-corrected chi connectivity index (χ4v) is 3.52. The maximum atomic E-state index is 12.4. The highest BCUT2D eigenvalue weighted by Crippen LogP contribution is 2.56. The van der Waals surface area contributed by atoms with Gasteiger partial charge in [0.2, 0.25) is 0 Å². The molecule has 0 radical (unpaired) electrons. The number of ether oxygens (including phenoxy) is 2. The number of allylic oxidation sites excluding steroid dienone is 1. The van der Waals surface area contributed by atoms with E-state index < -0.39 is 35.1 Å². The summed E-state index contributed by atoms with van der Waals surface area (Å²) in [4.78, 5) is 12.4. The Kier molecular flexibility index (Phi) is 3.16. The van der Waals surface area contributed by atoms with E-state index >= 15 is 0 Å². The molecule has 2 aliphatic heterocycles. The summed E-state index contributed by atoms with van der Waals surface area (Å²) in [6, 6.07) is 0. The highest BCUT2D eigenvalue weighted by Gasteiger charge is 2.75. The van der Waals surface area contributed by atoms with Gasteiger partial charge in [0, 0.05) is 19.3 Å². The van der Waals surface area contributed by atoms with Crippen molar-refractivity contribution in [3.63, 3.8) is 0 Å². The van der Waals surface area contributed by atoms with Gasteiger partial charge < -0.3 is 19.7 Å². The monoisotopic (exact) mass is 296 g/mol. The standard InChI is InChI=1S/C16H24O5/c1-9(2)5-6-16-10(17)7-15(19)8-11(14(3,4)18)20-12(15)13(16)21-16/h5,11-13,18-19H,6-8H2,1-4H3. The van der Waals surface area contributed by atoms with Crippen molar-refractivity contribution < 1.29 is 24.5 Å². The molecule has 5 unspecified atom stereocenters. The number of ketones is 1. The smallest absolute Gasteiger partial charge is 0.170 e. The maximum absolute atomic E-state index is 12.4. The number of hydrogen-bond donors (Lipinski definition) is 2. The van der Waals surface area contributed by atoms with Crippen LogP contribution in [0, 0.1) is 0 Å². The Morgan fingerprint density at radius 3 is 2.67 bits per heavy atom. The lowest BCUT2D eigenvalue weighted by Crippen LogP contribution is -2.53. The number of rotatable bonds is 3. The fourth-order valence-electron chi connectivity index (χ4n) is 3.52. The summed E-state index contributed by atoms with van der Waals surface area (Å²) < 4.78 is 11.6. The minimum Gasteiger partial charge on any atom is -0.388 e. The van der Waals surface area contributed by atoms with Crippen molar-refractivity contribution in [2.45, 2.75) is 82.1 Å². The molecule has 21 heavy (non-hydrogen) atoms. The molecule has 0 aromatic heterocycles. The molecule has 5 nitrogen and oxygen atoms in total. The quantitative estimate of drug-likeness (QED) is 0.602. The zero-order chi connectivity index (χ0) is 15.6. The highest BCUT2D eigenvalue weighted by atomic mass is 16.7. The summed E-state index contributed by atoms with van der Waals surface area (Å²) in [5.74, 6) is -0.0521. The molecular weight excluding hydrogens is 272 g/mol. The largest absolute Gasteiger partial charge is 0.388 e. The first-order valence-electron chi connectivity index (χ1n) is 7.53. The molecule has 1 aliphatic carbocycles. The average molecular weight is 296 g/mol. The van der Waals surface area contributed by atoms with Gasteiger partial charge in [-0.3, -0.25) is 4.79 Å². The predicted octanol–water partition coefficient (Wildman–Crippen LogP) is 1.11. The van der Waals surface area contributed by atoms with Crippen LogP contribution in [0.5, 0.6) is 0 Å². The topological polar surface area (TPSA) is 79.3 Å². The van der Waals surface area contributed by atoms with E-state index in [9.17, 15) is 15.0 Å². The Bertz CT molecular complexity index is 501. The fraction of sp³-hybridized carbons (Fsp3) is 0.812. The molecule has 2 N–H and O–H groups in total. The number of carbonyl (C=O) groups is 1. The predicted molar refractivity (Wildman–Crippen MR) is 75.8 cm³/mol. The van der Waals surface area contributed by atoms with Crippen molar-refractivity contribution in [3.05, 3.63) is 11.6 Å². The molecule has 0 aromatic carbocycles. The molecule has 5 heteroatoms. The summed E-state index contributed by atoms with van der Waals surface area (Å²) in [5, 5.41) is 20.9. The molecule has 2 heterocycles. The SMILES string of the molecule is CC(C)=CCC12OC1C1OC(C(C)(C)O)CC1(O)CC2=O. The molecule has 0 spiro atoms. The van der Waals surface area contributed by atoms with Gasteiger partial charge in [-0.25, -0.2) is 0 Å². The van der Waals surface area contributed by atoms with E-state index in [0.717, 1.165) is 5.57 Å². The van der Waals surface area contributed by atoms with Crippen molar-refractivity contribution in [2.75, 3.05) is 0 Å². The molecule has 118 valence electrons. The van der Waals surface area contributed by atoms with Gasteiger partial charge in [-0.05, 0) is 27.7 Å². The second kappa shape index (κ2) is 4.38. The second-order valence-corrected chi connectivity index (χ2v) is 7.52. The lowest BCUT2D eigenvalue weighted by Gasteiger charge is -2.32. The van der Waals surface area contributed by atoms with Crippen LogP contribution in [0.1, 0.15) is 47.0 Å². The van der Waals surface area contributed by atoms with E-state index in [1.165, 1.54) is 0 Å². The van der Waals surface area contributed by atoms with Crippen LogP contribution >= 0.6 is 0 Å². The first-order valence-corrected chi connectivity index (χ1v) is 7.53. The van der Waals surface area contributed by atoms with Crippen molar-refractivity contribution >= 4 is 5.78 Å². The van der Waals surface area contributed by atoms with Gasteiger partial charge in [-0.2, -0.15) is 0 Å². The first kappa shape index (κ1) is 15.2. The molecule has 1 saturated carbocycles. The van der Waals surface area contributed by atoms with Crippen molar-refractivity contribution in [3.8, 4) is 0 Å².